The zero-order valence-corrected chi connectivity index (χ0v) is 16.1. The predicted molar refractivity (Wildman–Crippen MR) is 95.7 cm³/mol. The maximum Gasteiger partial charge on any atom is 0.409 e. The number of nitrogens with zero attached hydrogens (tertiary/aromatic N) is 4. The summed E-state index contributed by atoms with van der Waals surface area (Å²) in [7, 11) is 1.58. The van der Waals surface area contributed by atoms with Gasteiger partial charge in [0.25, 0.3) is 5.91 Å². The van der Waals surface area contributed by atoms with Crippen LogP contribution in [0.5, 0.6) is 0 Å². The molecule has 0 saturated carbocycles. The molecule has 4 amide bonds. The second kappa shape index (κ2) is 7.42. The third-order valence-corrected chi connectivity index (χ3v) is 6.19. The van der Waals surface area contributed by atoms with E-state index in [2.05, 4.69) is 4.90 Å². The number of rotatable bonds is 3. The summed E-state index contributed by atoms with van der Waals surface area (Å²) in [5, 5.41) is 0. The number of likely N-dealkylation sites (N-methyl/N-ethyl adjacent to an activating group) is 2. The Morgan fingerprint density at radius 2 is 1.73 bits per heavy atom. The van der Waals surface area contributed by atoms with Gasteiger partial charge in [-0.05, 0) is 39.5 Å². The SMILES string of the molecule is CCOC(=O)N1CCC(N2CCC3(CC2)C(=O)N(C)C(=O)N3CC)CC1. The van der Waals surface area contributed by atoms with E-state index in [1.54, 1.807) is 16.8 Å². The number of carbonyl (C=O) groups is 3. The summed E-state index contributed by atoms with van der Waals surface area (Å²) >= 11 is 0. The number of hydrogen-bond donors (Lipinski definition) is 0. The Balaban J connectivity index is 1.57. The van der Waals surface area contributed by atoms with Crippen molar-refractivity contribution in [3.63, 3.8) is 0 Å². The molecular weight excluding hydrogens is 336 g/mol. The van der Waals surface area contributed by atoms with Gasteiger partial charge in [-0.15, -0.1) is 0 Å². The highest BCUT2D eigenvalue weighted by molar-refractivity contribution is 6.06. The van der Waals surface area contributed by atoms with E-state index in [9.17, 15) is 14.4 Å². The van der Waals surface area contributed by atoms with Gasteiger partial charge in [0.2, 0.25) is 0 Å². The minimum absolute atomic E-state index is 0.0545. The number of ether oxygens (including phenoxy) is 1. The first-order chi connectivity index (χ1) is 12.4. The Morgan fingerprint density at radius 1 is 1.12 bits per heavy atom. The molecule has 0 radical (unpaired) electrons. The predicted octanol–water partition coefficient (Wildman–Crippen LogP) is 1.36. The Labute approximate surface area is 155 Å². The molecule has 0 bridgehead atoms. The molecule has 0 aromatic heterocycles. The lowest BCUT2D eigenvalue weighted by molar-refractivity contribution is -0.135. The third kappa shape index (κ3) is 3.04. The smallest absolute Gasteiger partial charge is 0.409 e. The minimum atomic E-state index is -0.650. The van der Waals surface area contributed by atoms with Gasteiger partial charge < -0.3 is 19.4 Å². The van der Waals surface area contributed by atoms with Crippen LogP contribution in [0.4, 0.5) is 9.59 Å². The van der Waals surface area contributed by atoms with Crippen molar-refractivity contribution in [2.24, 2.45) is 0 Å². The van der Waals surface area contributed by atoms with Crippen molar-refractivity contribution < 1.29 is 19.1 Å². The van der Waals surface area contributed by atoms with Crippen LogP contribution in [-0.4, -0.2) is 95.6 Å². The molecule has 3 rings (SSSR count). The van der Waals surface area contributed by atoms with Crippen molar-refractivity contribution in [1.29, 1.82) is 0 Å². The van der Waals surface area contributed by atoms with Crippen molar-refractivity contribution in [3.05, 3.63) is 0 Å². The molecule has 8 heteroatoms. The van der Waals surface area contributed by atoms with Crippen LogP contribution in [0.25, 0.3) is 0 Å². The van der Waals surface area contributed by atoms with Gasteiger partial charge >= 0.3 is 12.1 Å². The standard InChI is InChI=1S/C18H30N4O4/c1-4-22-16(24)19(3)15(23)18(22)8-12-20(13-9-18)14-6-10-21(11-7-14)17(25)26-5-2/h14H,4-13H2,1-3H3. The average Bonchev–Trinajstić information content (AvgIpc) is 2.84. The largest absolute Gasteiger partial charge is 0.450 e. The van der Waals surface area contributed by atoms with E-state index >= 15 is 0 Å². The van der Waals surface area contributed by atoms with Crippen molar-refractivity contribution in [2.45, 2.75) is 51.1 Å². The van der Waals surface area contributed by atoms with Gasteiger partial charge in [-0.25, -0.2) is 9.59 Å². The van der Waals surface area contributed by atoms with Crippen LogP contribution >= 0.6 is 0 Å². The summed E-state index contributed by atoms with van der Waals surface area (Å²) in [6, 6.07) is 0.256. The van der Waals surface area contributed by atoms with Crippen LogP contribution < -0.4 is 0 Å². The summed E-state index contributed by atoms with van der Waals surface area (Å²) in [4.78, 5) is 44.1. The lowest BCUT2D eigenvalue weighted by Gasteiger charge is -2.46. The molecule has 0 unspecified atom stereocenters. The average molecular weight is 366 g/mol. The first-order valence-electron chi connectivity index (χ1n) is 9.70. The number of imide groups is 1. The molecule has 3 saturated heterocycles. The van der Waals surface area contributed by atoms with Gasteiger partial charge in [-0.3, -0.25) is 9.69 Å². The molecule has 0 aliphatic carbocycles. The van der Waals surface area contributed by atoms with E-state index < -0.39 is 5.54 Å². The van der Waals surface area contributed by atoms with Crippen molar-refractivity contribution in [3.8, 4) is 0 Å². The van der Waals surface area contributed by atoms with Crippen LogP contribution in [0.15, 0.2) is 0 Å². The van der Waals surface area contributed by atoms with Gasteiger partial charge in [-0.1, -0.05) is 0 Å². The zero-order valence-electron chi connectivity index (χ0n) is 16.1. The molecule has 3 fully saturated rings. The first-order valence-corrected chi connectivity index (χ1v) is 9.70. The molecular formula is C18H30N4O4. The fraction of sp³-hybridized carbons (Fsp3) is 0.833. The van der Waals surface area contributed by atoms with Crippen LogP contribution in [0.1, 0.15) is 39.5 Å². The maximum absolute atomic E-state index is 12.7. The number of urea groups is 1. The van der Waals surface area contributed by atoms with Gasteiger partial charge in [0.15, 0.2) is 0 Å². The highest BCUT2D eigenvalue weighted by Crippen LogP contribution is 2.37. The monoisotopic (exact) mass is 366 g/mol. The summed E-state index contributed by atoms with van der Waals surface area (Å²) in [6.07, 6.45) is 3.01. The summed E-state index contributed by atoms with van der Waals surface area (Å²) in [5.41, 5.74) is -0.650. The summed E-state index contributed by atoms with van der Waals surface area (Å²) in [5.74, 6) is -0.0545. The fourth-order valence-electron chi connectivity index (χ4n) is 4.69. The van der Waals surface area contributed by atoms with Gasteiger partial charge in [0, 0.05) is 45.8 Å². The fourth-order valence-corrected chi connectivity index (χ4v) is 4.69. The van der Waals surface area contributed by atoms with E-state index in [0.717, 1.165) is 25.9 Å². The molecule has 1 spiro atoms. The Bertz CT molecular complexity index is 566. The molecule has 3 aliphatic heterocycles. The van der Waals surface area contributed by atoms with Crippen LogP contribution in [0.2, 0.25) is 0 Å². The Hall–Kier alpha value is -1.83. The highest BCUT2D eigenvalue weighted by atomic mass is 16.6. The van der Waals surface area contributed by atoms with Gasteiger partial charge in [-0.2, -0.15) is 0 Å². The molecule has 0 atom stereocenters. The molecule has 0 aromatic rings. The molecule has 3 aliphatic rings. The maximum atomic E-state index is 12.7. The third-order valence-electron chi connectivity index (χ3n) is 6.19. The number of carbonyl (C=O) groups excluding carboxylic acids is 3. The lowest BCUT2D eigenvalue weighted by Crippen LogP contribution is -2.58. The molecule has 3 heterocycles. The Kier molecular flexibility index (Phi) is 5.41. The van der Waals surface area contributed by atoms with Crippen LogP contribution in [0.3, 0.4) is 0 Å². The van der Waals surface area contributed by atoms with E-state index in [1.165, 1.54) is 4.90 Å². The second-order valence-corrected chi connectivity index (χ2v) is 7.38. The molecule has 26 heavy (non-hydrogen) atoms. The highest BCUT2D eigenvalue weighted by Gasteiger charge is 2.56. The zero-order chi connectivity index (χ0) is 18.9. The number of amides is 4. The normalized spacial score (nSPS) is 24.7. The Morgan fingerprint density at radius 3 is 2.27 bits per heavy atom. The molecule has 146 valence electrons. The summed E-state index contributed by atoms with van der Waals surface area (Å²) < 4.78 is 5.08. The van der Waals surface area contributed by atoms with Crippen LogP contribution in [0, 0.1) is 0 Å². The second-order valence-electron chi connectivity index (χ2n) is 7.38. The molecule has 8 nitrogen and oxygen atoms in total. The topological polar surface area (TPSA) is 73.4 Å². The lowest BCUT2D eigenvalue weighted by atomic mass is 9.84. The quantitative estimate of drug-likeness (QED) is 0.705. The minimum Gasteiger partial charge on any atom is -0.450 e. The van der Waals surface area contributed by atoms with Gasteiger partial charge in [0.1, 0.15) is 5.54 Å². The summed E-state index contributed by atoms with van der Waals surface area (Å²) in [6.45, 7) is 7.78. The van der Waals surface area contributed by atoms with Gasteiger partial charge in [0.05, 0.1) is 6.61 Å². The number of hydrogen-bond acceptors (Lipinski definition) is 5. The van der Waals surface area contributed by atoms with Crippen LogP contribution in [-0.2, 0) is 9.53 Å². The van der Waals surface area contributed by atoms with Crippen molar-refractivity contribution in [2.75, 3.05) is 46.4 Å². The molecule has 0 aromatic carbocycles. The van der Waals surface area contributed by atoms with E-state index in [0.29, 0.717) is 45.1 Å². The number of likely N-dealkylation sites (tertiary alicyclic amines) is 2. The first kappa shape index (κ1) is 18.9. The molecule has 0 N–H and O–H groups in total. The van der Waals surface area contributed by atoms with E-state index in [4.69, 9.17) is 4.74 Å². The van der Waals surface area contributed by atoms with Crippen molar-refractivity contribution in [1.82, 2.24) is 19.6 Å². The van der Waals surface area contributed by atoms with Crippen molar-refractivity contribution >= 4 is 18.0 Å². The van der Waals surface area contributed by atoms with E-state index in [1.807, 2.05) is 13.8 Å². The number of piperidine rings is 2. The van der Waals surface area contributed by atoms with E-state index in [-0.39, 0.29) is 18.0 Å².